The van der Waals surface area contributed by atoms with Crippen LogP contribution in [0.2, 0.25) is 0 Å². The molecule has 0 unspecified atom stereocenters. The molecule has 0 fully saturated rings. The van der Waals surface area contributed by atoms with Gasteiger partial charge in [0.15, 0.2) is 0 Å². The molecular formula is C28H19F3O7. The molecule has 0 aliphatic heterocycles. The number of hydrogen-bond acceptors (Lipinski definition) is 5. The van der Waals surface area contributed by atoms with Gasteiger partial charge in [-0.1, -0.05) is 24.3 Å². The van der Waals surface area contributed by atoms with Crippen LogP contribution in [-0.2, 0) is 4.79 Å². The van der Waals surface area contributed by atoms with E-state index in [0.717, 1.165) is 18.2 Å². The van der Waals surface area contributed by atoms with Gasteiger partial charge in [-0.25, -0.2) is 22.8 Å². The lowest BCUT2D eigenvalue weighted by atomic mass is 10.0. The summed E-state index contributed by atoms with van der Waals surface area (Å²) in [6.07, 6.45) is 0. The quantitative estimate of drug-likeness (QED) is 0.211. The van der Waals surface area contributed by atoms with Crippen LogP contribution in [0.1, 0.15) is 27.6 Å². The highest BCUT2D eigenvalue weighted by atomic mass is 19.1. The van der Waals surface area contributed by atoms with E-state index in [-0.39, 0.29) is 33.8 Å². The minimum atomic E-state index is -1.32. The van der Waals surface area contributed by atoms with E-state index in [9.17, 15) is 32.7 Å². The normalized spacial score (nSPS) is 10.2. The summed E-state index contributed by atoms with van der Waals surface area (Å²) in [6.45, 7) is 1.19. The first-order valence-electron chi connectivity index (χ1n) is 10.8. The fraction of sp³-hybridized carbons (Fsp3) is 0.0357. The average molecular weight is 524 g/mol. The van der Waals surface area contributed by atoms with Crippen LogP contribution in [0, 0.1) is 17.5 Å². The Morgan fingerprint density at radius 3 is 1.79 bits per heavy atom. The van der Waals surface area contributed by atoms with Gasteiger partial charge in [0.25, 0.3) is 0 Å². The highest BCUT2D eigenvalue weighted by Gasteiger charge is 2.15. The molecule has 0 atom stereocenters. The van der Waals surface area contributed by atoms with Crippen LogP contribution in [0.25, 0.3) is 22.3 Å². The van der Waals surface area contributed by atoms with Gasteiger partial charge in [-0.05, 0) is 65.2 Å². The number of carbonyl (C=O) groups is 3. The molecule has 0 spiro atoms. The fourth-order valence-corrected chi connectivity index (χ4v) is 3.36. The number of carboxylic acid groups (broad SMARTS) is 2. The number of aromatic hydroxyl groups is 1. The summed E-state index contributed by atoms with van der Waals surface area (Å²) < 4.78 is 44.0. The molecule has 7 nitrogen and oxygen atoms in total. The number of carbonyl (C=O) groups excluding carboxylic acids is 1. The predicted octanol–water partition coefficient (Wildman–Crippen LogP) is 6.15. The fourth-order valence-electron chi connectivity index (χ4n) is 3.36. The number of aromatic carboxylic acids is 2. The van der Waals surface area contributed by atoms with Crippen LogP contribution in [0.15, 0.2) is 78.9 Å². The Kier molecular flexibility index (Phi) is 8.49. The third-order valence-corrected chi connectivity index (χ3v) is 5.11. The molecule has 0 heterocycles. The van der Waals surface area contributed by atoms with Crippen LogP contribution in [-0.4, -0.2) is 33.2 Å². The molecule has 38 heavy (non-hydrogen) atoms. The number of carboxylic acids is 2. The Morgan fingerprint density at radius 2 is 1.21 bits per heavy atom. The molecule has 3 N–H and O–H groups in total. The van der Waals surface area contributed by atoms with Crippen molar-refractivity contribution in [1.82, 2.24) is 0 Å². The van der Waals surface area contributed by atoms with E-state index in [4.69, 9.17) is 14.9 Å². The minimum absolute atomic E-state index is 0.0177. The maximum Gasteiger partial charge on any atom is 0.339 e. The van der Waals surface area contributed by atoms with Crippen molar-refractivity contribution in [3.63, 3.8) is 0 Å². The summed E-state index contributed by atoms with van der Waals surface area (Å²) in [5.41, 5.74) is 1.13. The maximum atomic E-state index is 13.5. The summed E-state index contributed by atoms with van der Waals surface area (Å²) >= 11 is 0. The zero-order valence-electron chi connectivity index (χ0n) is 19.6. The van der Waals surface area contributed by atoms with E-state index in [1.165, 1.54) is 43.3 Å². The van der Waals surface area contributed by atoms with Crippen molar-refractivity contribution in [2.24, 2.45) is 0 Å². The van der Waals surface area contributed by atoms with E-state index in [1.807, 2.05) is 0 Å². The minimum Gasteiger partial charge on any atom is -0.507 e. The van der Waals surface area contributed by atoms with Gasteiger partial charge in [-0.15, -0.1) is 0 Å². The standard InChI is InChI=1S/C15H11FO4.C13H8F2O3/c1-9(17)20-14-7-4-11(8-13(14)15(18)19)10-2-5-12(16)6-3-10;14-8-2-3-9(11(15)6-8)7-1-4-12(16)10(5-7)13(17)18/h2-8H,1H3,(H,18,19);1-6,16H,(H,17,18). The first-order chi connectivity index (χ1) is 18.0. The zero-order chi connectivity index (χ0) is 28.0. The second kappa shape index (κ2) is 11.7. The lowest BCUT2D eigenvalue weighted by Crippen LogP contribution is -2.07. The van der Waals surface area contributed by atoms with E-state index < -0.39 is 35.3 Å². The number of phenols is 1. The van der Waals surface area contributed by atoms with Crippen LogP contribution in [0.5, 0.6) is 11.5 Å². The van der Waals surface area contributed by atoms with Crippen molar-refractivity contribution in [2.45, 2.75) is 6.92 Å². The van der Waals surface area contributed by atoms with Gasteiger partial charge >= 0.3 is 17.9 Å². The van der Waals surface area contributed by atoms with E-state index >= 15 is 0 Å². The van der Waals surface area contributed by atoms with Crippen LogP contribution in [0.4, 0.5) is 13.2 Å². The smallest absolute Gasteiger partial charge is 0.339 e. The highest BCUT2D eigenvalue weighted by molar-refractivity contribution is 5.94. The number of esters is 1. The van der Waals surface area contributed by atoms with Gasteiger partial charge in [0.05, 0.1) is 0 Å². The Morgan fingerprint density at radius 1 is 0.658 bits per heavy atom. The van der Waals surface area contributed by atoms with E-state index in [2.05, 4.69) is 0 Å². The summed E-state index contributed by atoms with van der Waals surface area (Å²) in [7, 11) is 0. The number of hydrogen-bond donors (Lipinski definition) is 3. The molecule has 0 saturated carbocycles. The second-order valence-electron chi connectivity index (χ2n) is 7.78. The van der Waals surface area contributed by atoms with E-state index in [1.54, 1.807) is 18.2 Å². The van der Waals surface area contributed by atoms with Gasteiger partial charge in [-0.2, -0.15) is 0 Å². The maximum absolute atomic E-state index is 13.5. The first-order valence-corrected chi connectivity index (χ1v) is 10.8. The van der Waals surface area contributed by atoms with Gasteiger partial charge in [-0.3, -0.25) is 4.79 Å². The predicted molar refractivity (Wildman–Crippen MR) is 131 cm³/mol. The molecule has 0 bridgehead atoms. The molecule has 0 aromatic heterocycles. The zero-order valence-corrected chi connectivity index (χ0v) is 19.6. The number of benzene rings is 4. The molecule has 0 amide bonds. The van der Waals surface area contributed by atoms with Crippen LogP contribution in [0.3, 0.4) is 0 Å². The molecule has 0 aliphatic rings. The largest absolute Gasteiger partial charge is 0.507 e. The van der Waals surface area contributed by atoms with E-state index in [0.29, 0.717) is 17.2 Å². The van der Waals surface area contributed by atoms with Crippen molar-refractivity contribution >= 4 is 17.9 Å². The molecule has 0 radical (unpaired) electrons. The Labute approximate surface area is 214 Å². The van der Waals surface area contributed by atoms with Gasteiger partial charge < -0.3 is 20.1 Å². The lowest BCUT2D eigenvalue weighted by Gasteiger charge is -2.08. The SMILES string of the molecule is CC(=O)Oc1ccc(-c2ccc(F)cc2)cc1C(=O)O.O=C(O)c1cc(-c2ccc(F)cc2F)ccc1O. The number of ether oxygens (including phenoxy) is 1. The Hall–Kier alpha value is -5.12. The van der Waals surface area contributed by atoms with Gasteiger partial charge in [0.1, 0.15) is 40.1 Å². The third kappa shape index (κ3) is 6.76. The van der Waals surface area contributed by atoms with Crippen molar-refractivity contribution < 1.29 is 47.6 Å². The molecule has 4 aromatic rings. The Balaban J connectivity index is 0.000000212. The topological polar surface area (TPSA) is 121 Å². The molecule has 0 saturated heterocycles. The summed E-state index contributed by atoms with van der Waals surface area (Å²) in [5.74, 6) is -5.43. The van der Waals surface area contributed by atoms with Gasteiger partial charge in [0, 0.05) is 18.6 Å². The molecule has 4 aromatic carbocycles. The molecule has 4 rings (SSSR count). The molecular weight excluding hydrogens is 505 g/mol. The molecule has 194 valence electrons. The summed E-state index contributed by atoms with van der Waals surface area (Å²) in [6, 6.07) is 16.7. The third-order valence-electron chi connectivity index (χ3n) is 5.11. The van der Waals surface area contributed by atoms with Crippen molar-refractivity contribution in [3.8, 4) is 33.8 Å². The summed E-state index contributed by atoms with van der Waals surface area (Å²) in [4.78, 5) is 32.9. The van der Waals surface area contributed by atoms with Gasteiger partial charge in [0.2, 0.25) is 0 Å². The van der Waals surface area contributed by atoms with Crippen molar-refractivity contribution in [1.29, 1.82) is 0 Å². The average Bonchev–Trinajstić information content (AvgIpc) is 2.85. The summed E-state index contributed by atoms with van der Waals surface area (Å²) in [5, 5.41) is 27.3. The first kappa shape index (κ1) is 27.5. The highest BCUT2D eigenvalue weighted by Crippen LogP contribution is 2.29. The lowest BCUT2D eigenvalue weighted by molar-refractivity contribution is -0.131. The van der Waals surface area contributed by atoms with Crippen molar-refractivity contribution in [2.75, 3.05) is 0 Å². The molecule has 10 heteroatoms. The van der Waals surface area contributed by atoms with Crippen LogP contribution >= 0.6 is 0 Å². The molecule has 0 aliphatic carbocycles. The monoisotopic (exact) mass is 524 g/mol. The van der Waals surface area contributed by atoms with Crippen molar-refractivity contribution in [3.05, 3.63) is 107 Å². The second-order valence-corrected chi connectivity index (χ2v) is 7.78. The Bertz CT molecular complexity index is 1520. The van der Waals surface area contributed by atoms with Crippen LogP contribution < -0.4 is 4.74 Å². The number of rotatable bonds is 5. The number of halogens is 3.